The molecule has 1 unspecified atom stereocenters. The first-order valence-electron chi connectivity index (χ1n) is 8.67. The standard InChI is InChI=1S/C18H18F2N6O/c1-9-12-3-2-11(6-14(12)26-25-9)22-16-23-13-4-5-27-15(13)18(21,24-16)10-7-17(19,20)8-10/h2-6,10H,7-8,21H2,1H3,(H,25,26)(H2,22,23,24). The van der Waals surface area contributed by atoms with Crippen molar-refractivity contribution in [2.24, 2.45) is 16.6 Å². The highest BCUT2D eigenvalue weighted by Gasteiger charge is 2.57. The number of halogens is 2. The summed E-state index contributed by atoms with van der Waals surface area (Å²) in [6.45, 7) is 1.95. The molecule has 7 nitrogen and oxygen atoms in total. The molecule has 1 aliphatic heterocycles. The Balaban J connectivity index is 1.48. The highest BCUT2D eigenvalue weighted by atomic mass is 19.3. The summed E-state index contributed by atoms with van der Waals surface area (Å²) in [5.41, 5.74) is 8.32. The van der Waals surface area contributed by atoms with E-state index in [0.29, 0.717) is 17.4 Å². The molecule has 1 atom stereocenters. The molecule has 0 amide bonds. The molecule has 0 bridgehead atoms. The summed E-state index contributed by atoms with van der Waals surface area (Å²) in [4.78, 5) is 4.51. The fourth-order valence-electron chi connectivity index (χ4n) is 3.78. The van der Waals surface area contributed by atoms with Gasteiger partial charge in [-0.3, -0.25) is 5.10 Å². The number of aromatic nitrogens is 2. The largest absolute Gasteiger partial charge is 0.463 e. The quantitative estimate of drug-likeness (QED) is 0.551. The lowest BCUT2D eigenvalue weighted by Gasteiger charge is -2.44. The van der Waals surface area contributed by atoms with Crippen LogP contribution < -0.4 is 16.4 Å². The highest BCUT2D eigenvalue weighted by Crippen LogP contribution is 2.52. The van der Waals surface area contributed by atoms with Gasteiger partial charge in [0, 0.05) is 41.6 Å². The molecule has 1 aromatic carbocycles. The number of nitrogens with one attached hydrogen (secondary N) is 3. The Hall–Kier alpha value is -2.94. The second-order valence-electron chi connectivity index (χ2n) is 7.24. The molecule has 2 aliphatic rings. The summed E-state index contributed by atoms with van der Waals surface area (Å²) < 4.78 is 32.3. The van der Waals surface area contributed by atoms with Crippen LogP contribution in [0, 0.1) is 12.8 Å². The number of guanidine groups is 1. The number of hydrogen-bond acceptors (Lipinski definition) is 6. The number of alkyl halides is 2. The van der Waals surface area contributed by atoms with Crippen molar-refractivity contribution < 1.29 is 13.2 Å². The minimum absolute atomic E-state index is 0.307. The van der Waals surface area contributed by atoms with Crippen molar-refractivity contribution >= 4 is 28.2 Å². The van der Waals surface area contributed by atoms with Gasteiger partial charge in [-0.05, 0) is 25.1 Å². The number of nitrogens with two attached hydrogens (primary N) is 1. The normalized spacial score (nSPS) is 24.1. The van der Waals surface area contributed by atoms with Crippen LogP contribution in [0.15, 0.2) is 39.9 Å². The van der Waals surface area contributed by atoms with E-state index in [1.807, 2.05) is 25.1 Å². The second kappa shape index (κ2) is 5.29. The van der Waals surface area contributed by atoms with E-state index >= 15 is 0 Å². The molecule has 1 aliphatic carbocycles. The predicted octanol–water partition coefficient (Wildman–Crippen LogP) is 3.51. The van der Waals surface area contributed by atoms with E-state index in [2.05, 4.69) is 25.8 Å². The lowest BCUT2D eigenvalue weighted by atomic mass is 9.72. The Bertz CT molecular complexity index is 1060. The summed E-state index contributed by atoms with van der Waals surface area (Å²) in [7, 11) is 0. The number of hydrogen-bond donors (Lipinski definition) is 4. The van der Waals surface area contributed by atoms with E-state index in [1.54, 1.807) is 6.07 Å². The Morgan fingerprint density at radius 1 is 1.30 bits per heavy atom. The fraction of sp³-hybridized carbons (Fsp3) is 0.333. The maximum Gasteiger partial charge on any atom is 0.249 e. The van der Waals surface area contributed by atoms with Crippen LogP contribution >= 0.6 is 0 Å². The molecule has 0 saturated heterocycles. The summed E-state index contributed by atoms with van der Waals surface area (Å²) in [6, 6.07) is 7.44. The number of aliphatic imine (C=N–C) groups is 1. The van der Waals surface area contributed by atoms with Gasteiger partial charge in [0.15, 0.2) is 11.4 Å². The Morgan fingerprint density at radius 3 is 2.89 bits per heavy atom. The average Bonchev–Trinajstić information content (AvgIpc) is 3.20. The molecule has 3 heterocycles. The first kappa shape index (κ1) is 16.2. The van der Waals surface area contributed by atoms with Gasteiger partial charge in [-0.15, -0.1) is 0 Å². The van der Waals surface area contributed by atoms with E-state index in [-0.39, 0.29) is 12.8 Å². The molecular formula is C18H18F2N6O. The van der Waals surface area contributed by atoms with Gasteiger partial charge in [-0.2, -0.15) is 5.10 Å². The minimum atomic E-state index is -2.69. The molecule has 1 fully saturated rings. The van der Waals surface area contributed by atoms with Gasteiger partial charge in [0.2, 0.25) is 11.9 Å². The van der Waals surface area contributed by atoms with Gasteiger partial charge >= 0.3 is 0 Å². The molecule has 2 aromatic heterocycles. The number of nitrogens with zero attached hydrogens (tertiary/aromatic N) is 2. The Kier molecular flexibility index (Phi) is 3.18. The zero-order chi connectivity index (χ0) is 18.8. The smallest absolute Gasteiger partial charge is 0.249 e. The second-order valence-corrected chi connectivity index (χ2v) is 7.24. The summed E-state index contributed by atoms with van der Waals surface area (Å²) in [5.74, 6) is -2.42. The van der Waals surface area contributed by atoms with Crippen molar-refractivity contribution in [1.82, 2.24) is 10.2 Å². The lowest BCUT2D eigenvalue weighted by Crippen LogP contribution is -2.55. The van der Waals surface area contributed by atoms with Crippen molar-refractivity contribution in [3.8, 4) is 0 Å². The molecule has 0 radical (unpaired) electrons. The molecule has 3 aromatic rings. The van der Waals surface area contributed by atoms with Crippen LogP contribution in [0.25, 0.3) is 10.9 Å². The lowest BCUT2D eigenvalue weighted by molar-refractivity contribution is -0.133. The number of H-pyrrole nitrogens is 1. The van der Waals surface area contributed by atoms with Crippen LogP contribution in [0.2, 0.25) is 0 Å². The number of aryl methyl sites for hydroxylation is 1. The third-order valence-corrected chi connectivity index (χ3v) is 5.30. The molecule has 1 saturated carbocycles. The molecule has 5 rings (SSSR count). The third kappa shape index (κ3) is 2.49. The first-order chi connectivity index (χ1) is 12.8. The zero-order valence-corrected chi connectivity index (χ0v) is 14.5. The molecule has 5 N–H and O–H groups in total. The van der Waals surface area contributed by atoms with E-state index in [1.165, 1.54) is 6.26 Å². The molecule has 0 spiro atoms. The zero-order valence-electron chi connectivity index (χ0n) is 14.5. The summed E-state index contributed by atoms with van der Waals surface area (Å²) in [5, 5.41) is 14.5. The molecular weight excluding hydrogens is 354 g/mol. The molecule has 9 heteroatoms. The van der Waals surface area contributed by atoms with Crippen LogP contribution in [0.4, 0.5) is 20.2 Å². The van der Waals surface area contributed by atoms with E-state index in [0.717, 1.165) is 22.3 Å². The number of benzene rings is 1. The van der Waals surface area contributed by atoms with Crippen LogP contribution in [-0.2, 0) is 5.66 Å². The van der Waals surface area contributed by atoms with Crippen molar-refractivity contribution in [1.29, 1.82) is 0 Å². The maximum absolute atomic E-state index is 13.4. The average molecular weight is 372 g/mol. The highest BCUT2D eigenvalue weighted by molar-refractivity contribution is 6.06. The minimum Gasteiger partial charge on any atom is -0.463 e. The number of furan rings is 1. The first-order valence-corrected chi connectivity index (χ1v) is 8.67. The van der Waals surface area contributed by atoms with Crippen molar-refractivity contribution in [3.05, 3.63) is 42.0 Å². The van der Waals surface area contributed by atoms with Gasteiger partial charge in [0.25, 0.3) is 0 Å². The van der Waals surface area contributed by atoms with Crippen molar-refractivity contribution in [2.75, 3.05) is 10.6 Å². The van der Waals surface area contributed by atoms with Crippen LogP contribution in [0.5, 0.6) is 0 Å². The monoisotopic (exact) mass is 372 g/mol. The number of fused-ring (bicyclic) bond motifs is 2. The van der Waals surface area contributed by atoms with Gasteiger partial charge in [-0.25, -0.2) is 13.8 Å². The van der Waals surface area contributed by atoms with Crippen LogP contribution in [0.3, 0.4) is 0 Å². The SMILES string of the molecule is Cc1[nH]nc2cc(NC3=NC(N)(C4CC(F)(F)C4)c4occc4N3)ccc12. The predicted molar refractivity (Wildman–Crippen MR) is 97.8 cm³/mol. The summed E-state index contributed by atoms with van der Waals surface area (Å²) in [6.07, 6.45) is 0.866. The van der Waals surface area contributed by atoms with Gasteiger partial charge in [0.1, 0.15) is 0 Å². The number of aromatic amines is 1. The van der Waals surface area contributed by atoms with E-state index in [9.17, 15) is 8.78 Å². The van der Waals surface area contributed by atoms with Crippen LogP contribution in [0.1, 0.15) is 24.3 Å². The van der Waals surface area contributed by atoms with Gasteiger partial charge < -0.3 is 20.8 Å². The number of rotatable bonds is 2. The van der Waals surface area contributed by atoms with E-state index in [4.69, 9.17) is 10.2 Å². The third-order valence-electron chi connectivity index (χ3n) is 5.30. The van der Waals surface area contributed by atoms with Gasteiger partial charge in [-0.1, -0.05) is 0 Å². The topological polar surface area (TPSA) is 104 Å². The van der Waals surface area contributed by atoms with Crippen molar-refractivity contribution in [3.63, 3.8) is 0 Å². The molecule has 27 heavy (non-hydrogen) atoms. The fourth-order valence-corrected chi connectivity index (χ4v) is 3.78. The van der Waals surface area contributed by atoms with Crippen LogP contribution in [-0.4, -0.2) is 22.1 Å². The summed E-state index contributed by atoms with van der Waals surface area (Å²) >= 11 is 0. The Morgan fingerprint density at radius 2 is 2.11 bits per heavy atom. The van der Waals surface area contributed by atoms with E-state index < -0.39 is 17.5 Å². The van der Waals surface area contributed by atoms with Gasteiger partial charge in [0.05, 0.1) is 17.5 Å². The number of anilines is 2. The maximum atomic E-state index is 13.4. The van der Waals surface area contributed by atoms with Crippen molar-refractivity contribution in [2.45, 2.75) is 31.4 Å². The molecule has 140 valence electrons. The Labute approximate surface area is 153 Å².